The molecule has 1 aromatic heterocycles. The molecule has 1 aromatic carbocycles. The number of aliphatic carboxylic acids is 1. The number of hydrogen-bond donors (Lipinski definition) is 1. The van der Waals surface area contributed by atoms with Crippen LogP contribution in [0.15, 0.2) is 36.4 Å². The summed E-state index contributed by atoms with van der Waals surface area (Å²) in [4.78, 5) is 23.7. The molecule has 4 nitrogen and oxygen atoms in total. The Morgan fingerprint density at radius 2 is 1.86 bits per heavy atom. The number of rotatable bonds is 3. The third-order valence-corrected chi connectivity index (χ3v) is 3.88. The second-order valence-electron chi connectivity index (χ2n) is 5.16. The number of carboxylic acids is 1. The van der Waals surface area contributed by atoms with Gasteiger partial charge in [0.1, 0.15) is 5.82 Å². The Balaban J connectivity index is 1.99. The topological polar surface area (TPSA) is 59.3 Å². The lowest BCUT2D eigenvalue weighted by Gasteiger charge is -2.23. The van der Waals surface area contributed by atoms with E-state index in [0.29, 0.717) is 29.9 Å². The molecule has 0 saturated heterocycles. The van der Waals surface area contributed by atoms with E-state index in [0.717, 1.165) is 6.42 Å². The first-order chi connectivity index (χ1) is 10.1. The maximum Gasteiger partial charge on any atom is 0.312 e. The van der Waals surface area contributed by atoms with Crippen molar-refractivity contribution in [3.05, 3.63) is 59.2 Å². The molecule has 3 rings (SSSR count). The molecule has 0 amide bonds. The molecule has 1 aliphatic rings. The molecular weight excluding hydrogens is 273 g/mol. The van der Waals surface area contributed by atoms with Crippen LogP contribution in [0.2, 0.25) is 0 Å². The zero-order valence-corrected chi connectivity index (χ0v) is 11.3. The standard InChI is InChI=1S/C16H14FNO3/c17-11-5-3-10(4-6-11)15(19)14-8-7-13-12(16(20)21)2-1-9-18(13)14/h3-8,12H,1-2,9H2,(H,20,21). The molecule has 0 fully saturated rings. The van der Waals surface area contributed by atoms with Crippen LogP contribution in [0.4, 0.5) is 4.39 Å². The van der Waals surface area contributed by atoms with E-state index in [4.69, 9.17) is 0 Å². The van der Waals surface area contributed by atoms with Gasteiger partial charge in [-0.05, 0) is 49.2 Å². The fourth-order valence-corrected chi connectivity index (χ4v) is 2.84. The van der Waals surface area contributed by atoms with Crippen LogP contribution in [0, 0.1) is 5.82 Å². The Kier molecular flexibility index (Phi) is 3.33. The van der Waals surface area contributed by atoms with E-state index in [-0.39, 0.29) is 5.78 Å². The van der Waals surface area contributed by atoms with Gasteiger partial charge in [0, 0.05) is 17.8 Å². The highest BCUT2D eigenvalue weighted by Gasteiger charge is 2.29. The van der Waals surface area contributed by atoms with E-state index in [1.54, 1.807) is 16.7 Å². The Hall–Kier alpha value is -2.43. The van der Waals surface area contributed by atoms with Gasteiger partial charge in [-0.15, -0.1) is 0 Å². The predicted molar refractivity (Wildman–Crippen MR) is 73.9 cm³/mol. The number of carbonyl (C=O) groups excluding carboxylic acids is 1. The first-order valence-corrected chi connectivity index (χ1v) is 6.80. The molecule has 1 aliphatic heterocycles. The van der Waals surface area contributed by atoms with Crippen molar-refractivity contribution in [2.45, 2.75) is 25.3 Å². The lowest BCUT2D eigenvalue weighted by molar-refractivity contribution is -0.139. The van der Waals surface area contributed by atoms with Crippen LogP contribution in [0.3, 0.4) is 0 Å². The summed E-state index contributed by atoms with van der Waals surface area (Å²) < 4.78 is 14.7. The van der Waals surface area contributed by atoms with Crippen LogP contribution in [0.1, 0.15) is 40.5 Å². The number of nitrogens with zero attached hydrogens (tertiary/aromatic N) is 1. The van der Waals surface area contributed by atoms with Gasteiger partial charge in [-0.2, -0.15) is 0 Å². The number of hydrogen-bond acceptors (Lipinski definition) is 2. The highest BCUT2D eigenvalue weighted by molar-refractivity contribution is 6.08. The Labute approximate surface area is 120 Å². The Morgan fingerprint density at radius 1 is 1.14 bits per heavy atom. The van der Waals surface area contributed by atoms with Gasteiger partial charge >= 0.3 is 5.97 Å². The molecule has 2 aromatic rings. The molecule has 5 heteroatoms. The van der Waals surface area contributed by atoms with E-state index in [2.05, 4.69) is 0 Å². The first-order valence-electron chi connectivity index (χ1n) is 6.80. The molecule has 0 radical (unpaired) electrons. The van der Waals surface area contributed by atoms with E-state index >= 15 is 0 Å². The number of halogens is 1. The van der Waals surface area contributed by atoms with Crippen molar-refractivity contribution in [1.82, 2.24) is 4.57 Å². The SMILES string of the molecule is O=C(c1ccc(F)cc1)c1ccc2n1CCCC2C(=O)O. The summed E-state index contributed by atoms with van der Waals surface area (Å²) in [5, 5.41) is 9.24. The summed E-state index contributed by atoms with van der Waals surface area (Å²) in [7, 11) is 0. The minimum Gasteiger partial charge on any atom is -0.481 e. The maximum atomic E-state index is 12.9. The van der Waals surface area contributed by atoms with Crippen molar-refractivity contribution in [2.75, 3.05) is 0 Å². The quantitative estimate of drug-likeness (QED) is 0.883. The third-order valence-electron chi connectivity index (χ3n) is 3.88. The summed E-state index contributed by atoms with van der Waals surface area (Å²) >= 11 is 0. The second-order valence-corrected chi connectivity index (χ2v) is 5.16. The second kappa shape index (κ2) is 5.16. The van der Waals surface area contributed by atoms with Crippen LogP contribution in [0.5, 0.6) is 0 Å². The van der Waals surface area contributed by atoms with Crippen molar-refractivity contribution in [2.24, 2.45) is 0 Å². The number of ketones is 1. The van der Waals surface area contributed by atoms with Gasteiger partial charge in [-0.25, -0.2) is 4.39 Å². The summed E-state index contributed by atoms with van der Waals surface area (Å²) in [6, 6.07) is 8.72. The lowest BCUT2D eigenvalue weighted by atomic mass is 9.96. The van der Waals surface area contributed by atoms with E-state index < -0.39 is 17.7 Å². The molecule has 2 heterocycles. The zero-order chi connectivity index (χ0) is 15.0. The molecule has 0 spiro atoms. The van der Waals surface area contributed by atoms with Crippen molar-refractivity contribution in [1.29, 1.82) is 0 Å². The number of aromatic nitrogens is 1. The monoisotopic (exact) mass is 287 g/mol. The smallest absolute Gasteiger partial charge is 0.312 e. The summed E-state index contributed by atoms with van der Waals surface area (Å²) in [6.07, 6.45) is 1.31. The highest BCUT2D eigenvalue weighted by atomic mass is 19.1. The molecule has 0 aliphatic carbocycles. The minimum atomic E-state index is -0.866. The summed E-state index contributed by atoms with van der Waals surface area (Å²) in [5.74, 6) is -2.04. The van der Waals surface area contributed by atoms with Crippen LogP contribution < -0.4 is 0 Å². The number of benzene rings is 1. The molecule has 1 unspecified atom stereocenters. The van der Waals surface area contributed by atoms with Gasteiger partial charge in [0.25, 0.3) is 0 Å². The average molecular weight is 287 g/mol. The van der Waals surface area contributed by atoms with E-state index in [1.165, 1.54) is 24.3 Å². The van der Waals surface area contributed by atoms with Crippen molar-refractivity contribution in [3.63, 3.8) is 0 Å². The minimum absolute atomic E-state index is 0.215. The van der Waals surface area contributed by atoms with Gasteiger partial charge in [-0.1, -0.05) is 0 Å². The van der Waals surface area contributed by atoms with Crippen LogP contribution in [0.25, 0.3) is 0 Å². The Bertz CT molecular complexity index is 703. The molecule has 1 atom stereocenters. The molecule has 21 heavy (non-hydrogen) atoms. The fourth-order valence-electron chi connectivity index (χ4n) is 2.84. The first kappa shape index (κ1) is 13.5. The van der Waals surface area contributed by atoms with Crippen molar-refractivity contribution < 1.29 is 19.1 Å². The van der Waals surface area contributed by atoms with E-state index in [1.807, 2.05) is 0 Å². The number of carboxylic acid groups (broad SMARTS) is 1. The molecule has 0 bridgehead atoms. The largest absolute Gasteiger partial charge is 0.481 e. The summed E-state index contributed by atoms with van der Waals surface area (Å²) in [5.41, 5.74) is 1.52. The number of carbonyl (C=O) groups is 2. The predicted octanol–water partition coefficient (Wildman–Crippen LogP) is 2.82. The van der Waals surface area contributed by atoms with E-state index in [9.17, 15) is 19.1 Å². The lowest BCUT2D eigenvalue weighted by Crippen LogP contribution is -2.23. The van der Waals surface area contributed by atoms with Gasteiger partial charge < -0.3 is 9.67 Å². The van der Waals surface area contributed by atoms with Gasteiger partial charge in [0.2, 0.25) is 5.78 Å². The van der Waals surface area contributed by atoms with Gasteiger partial charge in [-0.3, -0.25) is 9.59 Å². The highest BCUT2D eigenvalue weighted by Crippen LogP contribution is 2.30. The van der Waals surface area contributed by atoms with Crippen molar-refractivity contribution in [3.8, 4) is 0 Å². The third kappa shape index (κ3) is 2.35. The fraction of sp³-hybridized carbons (Fsp3) is 0.250. The number of fused-ring (bicyclic) bond motifs is 1. The van der Waals surface area contributed by atoms with Crippen LogP contribution >= 0.6 is 0 Å². The average Bonchev–Trinajstić information content (AvgIpc) is 2.90. The zero-order valence-electron chi connectivity index (χ0n) is 11.3. The van der Waals surface area contributed by atoms with Crippen molar-refractivity contribution >= 4 is 11.8 Å². The Morgan fingerprint density at radius 3 is 2.52 bits per heavy atom. The van der Waals surface area contributed by atoms with Gasteiger partial charge in [0.05, 0.1) is 11.6 Å². The molecule has 108 valence electrons. The van der Waals surface area contributed by atoms with Crippen LogP contribution in [-0.4, -0.2) is 21.4 Å². The van der Waals surface area contributed by atoms with Gasteiger partial charge in [0.15, 0.2) is 0 Å². The normalized spacial score (nSPS) is 17.3. The van der Waals surface area contributed by atoms with Crippen LogP contribution in [-0.2, 0) is 11.3 Å². The molecule has 0 saturated carbocycles. The molecule has 1 N–H and O–H groups in total. The molecular formula is C16H14FNO3. The summed E-state index contributed by atoms with van der Waals surface area (Å²) in [6.45, 7) is 0.633. The maximum absolute atomic E-state index is 12.9.